The van der Waals surface area contributed by atoms with Gasteiger partial charge in [-0.2, -0.15) is 0 Å². The first-order valence-electron chi connectivity index (χ1n) is 8.09. The van der Waals surface area contributed by atoms with Crippen molar-refractivity contribution in [2.75, 3.05) is 20.2 Å². The number of carbonyl (C=O) groups excluding carboxylic acids is 1. The maximum absolute atomic E-state index is 11.6. The van der Waals surface area contributed by atoms with Crippen molar-refractivity contribution in [2.24, 2.45) is 0 Å². The second-order valence-electron chi connectivity index (χ2n) is 5.81. The lowest BCUT2D eigenvalue weighted by molar-refractivity contribution is -0.144. The molecule has 1 N–H and O–H groups in total. The number of aromatic nitrogens is 1. The number of phenolic OH excluding ortho intramolecular Hbond substituents is 1. The van der Waals surface area contributed by atoms with E-state index in [9.17, 15) is 9.90 Å². The molecule has 0 atom stereocenters. The van der Waals surface area contributed by atoms with Gasteiger partial charge in [-0.1, -0.05) is 12.1 Å². The van der Waals surface area contributed by atoms with Crippen molar-refractivity contribution in [2.45, 2.75) is 13.5 Å². The highest BCUT2D eigenvalue weighted by molar-refractivity contribution is 7.21. The largest absolute Gasteiger partial charge is 0.508 e. The molecule has 3 rings (SSSR count). The van der Waals surface area contributed by atoms with Gasteiger partial charge < -0.3 is 9.84 Å². The number of para-hydroxylation sites is 1. The van der Waals surface area contributed by atoms with Crippen LogP contribution in [0.4, 0.5) is 0 Å². The van der Waals surface area contributed by atoms with Crippen molar-refractivity contribution in [1.82, 2.24) is 9.88 Å². The van der Waals surface area contributed by atoms with E-state index >= 15 is 0 Å². The van der Waals surface area contributed by atoms with Crippen molar-refractivity contribution < 1.29 is 14.6 Å². The summed E-state index contributed by atoms with van der Waals surface area (Å²) in [4.78, 5) is 18.1. The molecule has 0 aliphatic carbocycles. The fourth-order valence-electron chi connectivity index (χ4n) is 2.61. The Morgan fingerprint density at radius 3 is 2.84 bits per heavy atom. The molecule has 0 unspecified atom stereocenters. The van der Waals surface area contributed by atoms with Crippen molar-refractivity contribution in [3.05, 3.63) is 48.0 Å². The van der Waals surface area contributed by atoms with Crippen LogP contribution in [0.25, 0.3) is 20.8 Å². The molecule has 0 spiro atoms. The monoisotopic (exact) mass is 356 g/mol. The number of esters is 1. The van der Waals surface area contributed by atoms with E-state index in [2.05, 4.69) is 4.98 Å². The van der Waals surface area contributed by atoms with E-state index in [4.69, 9.17) is 4.74 Å². The van der Waals surface area contributed by atoms with Gasteiger partial charge in [0.2, 0.25) is 0 Å². The lowest BCUT2D eigenvalue weighted by atomic mass is 10.1. The van der Waals surface area contributed by atoms with Crippen LogP contribution in [0.5, 0.6) is 5.75 Å². The van der Waals surface area contributed by atoms with Gasteiger partial charge in [-0.05, 0) is 44.3 Å². The highest BCUT2D eigenvalue weighted by Gasteiger charge is 2.13. The quantitative estimate of drug-likeness (QED) is 0.683. The molecule has 130 valence electrons. The maximum Gasteiger partial charge on any atom is 0.320 e. The van der Waals surface area contributed by atoms with Crippen LogP contribution < -0.4 is 0 Å². The Balaban J connectivity index is 1.81. The summed E-state index contributed by atoms with van der Waals surface area (Å²) < 4.78 is 6.09. The molecule has 5 nitrogen and oxygen atoms in total. The second-order valence-corrected chi connectivity index (χ2v) is 6.84. The van der Waals surface area contributed by atoms with Gasteiger partial charge >= 0.3 is 5.97 Å². The Labute approximate surface area is 150 Å². The van der Waals surface area contributed by atoms with Crippen LogP contribution in [-0.4, -0.2) is 41.2 Å². The van der Waals surface area contributed by atoms with Gasteiger partial charge in [-0.15, -0.1) is 11.3 Å². The number of hydrogen-bond acceptors (Lipinski definition) is 6. The maximum atomic E-state index is 11.6. The summed E-state index contributed by atoms with van der Waals surface area (Å²) in [5.41, 5.74) is 2.68. The zero-order valence-electron chi connectivity index (χ0n) is 14.2. The molecule has 0 aliphatic heterocycles. The van der Waals surface area contributed by atoms with E-state index in [1.54, 1.807) is 24.3 Å². The topological polar surface area (TPSA) is 62.7 Å². The predicted octanol–water partition coefficient (Wildman–Crippen LogP) is 3.66. The van der Waals surface area contributed by atoms with Crippen molar-refractivity contribution >= 4 is 27.5 Å². The Kier molecular flexibility index (Phi) is 5.31. The van der Waals surface area contributed by atoms with Crippen LogP contribution in [-0.2, 0) is 16.1 Å². The van der Waals surface area contributed by atoms with Crippen LogP contribution >= 0.6 is 11.3 Å². The fraction of sp³-hybridized carbons (Fsp3) is 0.263. The number of benzene rings is 2. The molecule has 0 radical (unpaired) electrons. The number of carbonyl (C=O) groups is 1. The normalized spacial score (nSPS) is 11.2. The summed E-state index contributed by atoms with van der Waals surface area (Å²) in [5, 5.41) is 11.1. The van der Waals surface area contributed by atoms with Crippen LogP contribution in [0.2, 0.25) is 0 Å². The third kappa shape index (κ3) is 4.15. The van der Waals surface area contributed by atoms with E-state index in [-0.39, 0.29) is 18.3 Å². The molecular formula is C19H20N2O3S. The molecule has 6 heteroatoms. The Hall–Kier alpha value is -2.44. The van der Waals surface area contributed by atoms with Crippen LogP contribution in [0.15, 0.2) is 42.5 Å². The molecule has 2 aromatic carbocycles. The molecule has 1 aromatic heterocycles. The van der Waals surface area contributed by atoms with Gasteiger partial charge in [0.1, 0.15) is 10.8 Å². The van der Waals surface area contributed by atoms with Crippen LogP contribution in [0.1, 0.15) is 12.5 Å². The van der Waals surface area contributed by atoms with E-state index in [0.29, 0.717) is 13.2 Å². The lowest BCUT2D eigenvalue weighted by Crippen LogP contribution is -2.27. The summed E-state index contributed by atoms with van der Waals surface area (Å²) in [7, 11) is 1.82. The zero-order chi connectivity index (χ0) is 17.8. The molecule has 0 amide bonds. The number of nitrogens with zero attached hydrogens (tertiary/aromatic N) is 2. The molecule has 0 fully saturated rings. The smallest absolute Gasteiger partial charge is 0.320 e. The average Bonchev–Trinajstić information content (AvgIpc) is 3.01. The lowest BCUT2D eigenvalue weighted by Gasteiger charge is -2.16. The van der Waals surface area contributed by atoms with Crippen molar-refractivity contribution in [3.8, 4) is 16.3 Å². The van der Waals surface area contributed by atoms with Gasteiger partial charge in [0.05, 0.1) is 23.4 Å². The number of aromatic hydroxyl groups is 1. The minimum absolute atomic E-state index is 0.179. The Morgan fingerprint density at radius 2 is 2.08 bits per heavy atom. The van der Waals surface area contributed by atoms with Gasteiger partial charge in [0, 0.05) is 17.7 Å². The number of fused-ring (bicyclic) bond motifs is 1. The van der Waals surface area contributed by atoms with Crippen LogP contribution in [0.3, 0.4) is 0 Å². The second kappa shape index (κ2) is 7.63. The number of likely N-dealkylation sites (N-methyl/N-ethyl adjacent to an activating group) is 1. The average molecular weight is 356 g/mol. The van der Waals surface area contributed by atoms with Gasteiger partial charge in [-0.25, -0.2) is 4.98 Å². The number of thiazole rings is 1. The number of rotatable bonds is 6. The highest BCUT2D eigenvalue weighted by atomic mass is 32.1. The first kappa shape index (κ1) is 17.4. The van der Waals surface area contributed by atoms with Crippen LogP contribution in [0, 0.1) is 0 Å². The summed E-state index contributed by atoms with van der Waals surface area (Å²) in [6.07, 6.45) is 0. The van der Waals surface area contributed by atoms with Crippen molar-refractivity contribution in [1.29, 1.82) is 0 Å². The molecule has 3 aromatic rings. The Morgan fingerprint density at radius 1 is 1.28 bits per heavy atom. The summed E-state index contributed by atoms with van der Waals surface area (Å²) in [6.45, 7) is 2.78. The summed E-state index contributed by atoms with van der Waals surface area (Å²) in [6, 6.07) is 13.5. The van der Waals surface area contributed by atoms with Gasteiger partial charge in [0.25, 0.3) is 0 Å². The van der Waals surface area contributed by atoms with E-state index in [1.807, 2.05) is 48.3 Å². The molecular weight excluding hydrogens is 336 g/mol. The summed E-state index contributed by atoms with van der Waals surface area (Å²) >= 11 is 1.62. The Bertz CT molecular complexity index is 858. The highest BCUT2D eigenvalue weighted by Crippen LogP contribution is 2.32. The first-order chi connectivity index (χ1) is 12.1. The van der Waals surface area contributed by atoms with E-state index in [0.717, 1.165) is 26.4 Å². The summed E-state index contributed by atoms with van der Waals surface area (Å²) in [5.74, 6) is -0.0626. The molecule has 0 saturated carbocycles. The van der Waals surface area contributed by atoms with Gasteiger partial charge in [0.15, 0.2) is 0 Å². The van der Waals surface area contributed by atoms with E-state index < -0.39 is 0 Å². The molecule has 0 bridgehead atoms. The first-order valence-corrected chi connectivity index (χ1v) is 8.90. The predicted molar refractivity (Wildman–Crippen MR) is 99.7 cm³/mol. The standard InChI is InChI=1S/C19H20N2O3S/c1-3-24-18(23)12-21(2)11-14-10-13(8-9-16(14)22)19-20-15-6-4-5-7-17(15)25-19/h4-10,22H,3,11-12H2,1-2H3. The van der Waals surface area contributed by atoms with E-state index in [1.165, 1.54) is 0 Å². The fourth-order valence-corrected chi connectivity index (χ4v) is 3.58. The minimum atomic E-state index is -0.271. The molecule has 1 heterocycles. The molecule has 0 aliphatic rings. The number of phenols is 1. The van der Waals surface area contributed by atoms with Crippen molar-refractivity contribution in [3.63, 3.8) is 0 Å². The SMILES string of the molecule is CCOC(=O)CN(C)Cc1cc(-c2nc3ccccc3s2)ccc1O. The third-order valence-electron chi connectivity index (χ3n) is 3.76. The zero-order valence-corrected chi connectivity index (χ0v) is 15.0. The molecule has 0 saturated heterocycles. The van der Waals surface area contributed by atoms with Gasteiger partial charge in [-0.3, -0.25) is 9.69 Å². The molecule has 25 heavy (non-hydrogen) atoms. The number of hydrogen-bond donors (Lipinski definition) is 1. The minimum Gasteiger partial charge on any atom is -0.508 e. The third-order valence-corrected chi connectivity index (χ3v) is 4.85. The number of ether oxygens (including phenoxy) is 1.